The molecule has 128 valence electrons. The first kappa shape index (κ1) is 18.4. The summed E-state index contributed by atoms with van der Waals surface area (Å²) in [6.07, 6.45) is 0. The van der Waals surface area contributed by atoms with Crippen molar-refractivity contribution in [3.8, 4) is 5.75 Å². The molecule has 4 heteroatoms. The number of thioether (sulfide) groups is 1. The van der Waals surface area contributed by atoms with Crippen LogP contribution in [-0.4, -0.2) is 18.8 Å². The lowest BCUT2D eigenvalue weighted by molar-refractivity contribution is -0.119. The molecule has 0 bridgehead atoms. The Morgan fingerprint density at radius 2 is 1.83 bits per heavy atom. The topological polar surface area (TPSA) is 38.3 Å². The molecule has 0 saturated heterocycles. The number of hydrogen-bond acceptors (Lipinski definition) is 3. The zero-order chi connectivity index (χ0) is 17.5. The highest BCUT2D eigenvalue weighted by Gasteiger charge is 2.10. The number of hydrogen-bond donors (Lipinski definition) is 1. The van der Waals surface area contributed by atoms with E-state index in [-0.39, 0.29) is 11.9 Å². The Balaban J connectivity index is 1.78. The van der Waals surface area contributed by atoms with E-state index in [1.54, 1.807) is 18.9 Å². The number of aryl methyl sites for hydroxylation is 2. The highest BCUT2D eigenvalue weighted by Crippen LogP contribution is 2.18. The summed E-state index contributed by atoms with van der Waals surface area (Å²) < 4.78 is 5.14. The molecule has 2 rings (SSSR count). The van der Waals surface area contributed by atoms with Crippen LogP contribution in [0.2, 0.25) is 0 Å². The molecule has 0 spiro atoms. The zero-order valence-electron chi connectivity index (χ0n) is 14.8. The monoisotopic (exact) mass is 343 g/mol. The van der Waals surface area contributed by atoms with Crippen LogP contribution in [0.25, 0.3) is 0 Å². The number of amides is 1. The summed E-state index contributed by atoms with van der Waals surface area (Å²) in [5.41, 5.74) is 4.86. The minimum Gasteiger partial charge on any atom is -0.497 e. The lowest BCUT2D eigenvalue weighted by Crippen LogP contribution is -2.28. The largest absolute Gasteiger partial charge is 0.497 e. The summed E-state index contributed by atoms with van der Waals surface area (Å²) >= 11 is 1.62. The molecule has 3 nitrogen and oxygen atoms in total. The number of benzene rings is 2. The molecule has 1 amide bonds. The predicted octanol–water partition coefficient (Wildman–Crippen LogP) is 4.42. The summed E-state index contributed by atoms with van der Waals surface area (Å²) in [6, 6.07) is 14.3. The summed E-state index contributed by atoms with van der Waals surface area (Å²) in [5.74, 6) is 2.19. The molecule has 0 saturated carbocycles. The Labute approximate surface area is 148 Å². The maximum atomic E-state index is 12.1. The molecule has 0 aliphatic carbocycles. The molecule has 2 aromatic rings. The summed E-state index contributed by atoms with van der Waals surface area (Å²) in [5, 5.41) is 3.07. The van der Waals surface area contributed by atoms with Crippen LogP contribution in [0.4, 0.5) is 0 Å². The Hall–Kier alpha value is -1.94. The van der Waals surface area contributed by atoms with Gasteiger partial charge >= 0.3 is 0 Å². The summed E-state index contributed by atoms with van der Waals surface area (Å²) in [6.45, 7) is 6.21. The van der Waals surface area contributed by atoms with Gasteiger partial charge in [0.05, 0.1) is 18.9 Å². The molecule has 0 heterocycles. The number of carbonyl (C=O) groups excluding carboxylic acids is 1. The van der Waals surface area contributed by atoms with E-state index in [1.165, 1.54) is 16.7 Å². The van der Waals surface area contributed by atoms with Crippen molar-refractivity contribution in [1.29, 1.82) is 0 Å². The van der Waals surface area contributed by atoms with Crippen LogP contribution in [0.1, 0.15) is 35.2 Å². The van der Waals surface area contributed by atoms with Crippen molar-refractivity contribution >= 4 is 17.7 Å². The molecule has 0 aliphatic heterocycles. The first-order valence-corrected chi connectivity index (χ1v) is 9.22. The van der Waals surface area contributed by atoms with Crippen molar-refractivity contribution < 1.29 is 9.53 Å². The van der Waals surface area contributed by atoms with Crippen molar-refractivity contribution in [2.24, 2.45) is 0 Å². The minimum absolute atomic E-state index is 0.0263. The van der Waals surface area contributed by atoms with Crippen molar-refractivity contribution in [3.05, 3.63) is 64.7 Å². The van der Waals surface area contributed by atoms with E-state index >= 15 is 0 Å². The second-order valence-corrected chi connectivity index (χ2v) is 6.96. The molecule has 0 radical (unpaired) electrons. The standard InChI is InChI=1S/C20H25NO2S/c1-14-5-8-18(11-15(14)2)16(3)21-20(22)13-24-12-17-6-9-19(23-4)10-7-17/h5-11,16H,12-13H2,1-4H3,(H,21,22). The molecule has 0 fully saturated rings. The van der Waals surface area contributed by atoms with Crippen LogP contribution in [-0.2, 0) is 10.5 Å². The lowest BCUT2D eigenvalue weighted by atomic mass is 10.0. The predicted molar refractivity (Wildman–Crippen MR) is 102 cm³/mol. The third-order valence-corrected chi connectivity index (χ3v) is 5.07. The maximum Gasteiger partial charge on any atom is 0.230 e. The van der Waals surface area contributed by atoms with E-state index in [1.807, 2.05) is 31.2 Å². The van der Waals surface area contributed by atoms with Crippen molar-refractivity contribution in [1.82, 2.24) is 5.32 Å². The number of nitrogens with one attached hydrogen (secondary N) is 1. The second kappa shape index (κ2) is 8.78. The first-order valence-electron chi connectivity index (χ1n) is 8.07. The molecule has 1 N–H and O–H groups in total. The molecule has 0 aliphatic rings. The zero-order valence-corrected chi connectivity index (χ0v) is 15.6. The van der Waals surface area contributed by atoms with Gasteiger partial charge in [0.2, 0.25) is 5.91 Å². The normalized spacial score (nSPS) is 11.8. The molecule has 2 aromatic carbocycles. The Bertz CT molecular complexity index is 683. The Kier molecular flexibility index (Phi) is 6.73. The van der Waals surface area contributed by atoms with Gasteiger partial charge in [-0.15, -0.1) is 11.8 Å². The van der Waals surface area contributed by atoms with Crippen LogP contribution in [0, 0.1) is 13.8 Å². The number of rotatable bonds is 7. The quantitative estimate of drug-likeness (QED) is 0.808. The molecule has 1 unspecified atom stereocenters. The lowest BCUT2D eigenvalue weighted by Gasteiger charge is -2.15. The third kappa shape index (κ3) is 5.31. The van der Waals surface area contributed by atoms with Gasteiger partial charge in [-0.25, -0.2) is 0 Å². The van der Waals surface area contributed by atoms with E-state index in [4.69, 9.17) is 4.74 Å². The van der Waals surface area contributed by atoms with E-state index in [2.05, 4.69) is 37.4 Å². The van der Waals surface area contributed by atoms with Crippen molar-refractivity contribution in [2.45, 2.75) is 32.6 Å². The van der Waals surface area contributed by atoms with Crippen LogP contribution in [0.5, 0.6) is 5.75 Å². The molecular formula is C20H25NO2S. The fraction of sp³-hybridized carbons (Fsp3) is 0.350. The third-order valence-electron chi connectivity index (χ3n) is 4.07. The molecule has 0 aromatic heterocycles. The summed E-state index contributed by atoms with van der Waals surface area (Å²) in [4.78, 5) is 12.1. The Morgan fingerprint density at radius 3 is 2.46 bits per heavy atom. The van der Waals surface area contributed by atoms with Gasteiger partial charge in [-0.3, -0.25) is 4.79 Å². The molecule has 24 heavy (non-hydrogen) atoms. The number of carbonyl (C=O) groups is 1. The van der Waals surface area contributed by atoms with Gasteiger partial charge in [-0.05, 0) is 55.2 Å². The van der Waals surface area contributed by atoms with E-state index in [0.717, 1.165) is 17.1 Å². The fourth-order valence-electron chi connectivity index (χ4n) is 2.38. The van der Waals surface area contributed by atoms with Gasteiger partial charge in [0.25, 0.3) is 0 Å². The van der Waals surface area contributed by atoms with Gasteiger partial charge in [-0.2, -0.15) is 0 Å². The number of ether oxygens (including phenoxy) is 1. The fourth-order valence-corrected chi connectivity index (χ4v) is 3.18. The van der Waals surface area contributed by atoms with Crippen molar-refractivity contribution in [3.63, 3.8) is 0 Å². The highest BCUT2D eigenvalue weighted by atomic mass is 32.2. The minimum atomic E-state index is 0.0263. The van der Waals surface area contributed by atoms with Gasteiger partial charge < -0.3 is 10.1 Å². The molecular weight excluding hydrogens is 318 g/mol. The van der Waals surface area contributed by atoms with E-state index in [0.29, 0.717) is 5.75 Å². The van der Waals surface area contributed by atoms with Crippen molar-refractivity contribution in [2.75, 3.05) is 12.9 Å². The van der Waals surface area contributed by atoms with Crippen LogP contribution >= 0.6 is 11.8 Å². The molecule has 1 atom stereocenters. The Morgan fingerprint density at radius 1 is 1.12 bits per heavy atom. The van der Waals surface area contributed by atoms with E-state index in [9.17, 15) is 4.79 Å². The van der Waals surface area contributed by atoms with Gasteiger partial charge in [-0.1, -0.05) is 30.3 Å². The smallest absolute Gasteiger partial charge is 0.230 e. The average molecular weight is 343 g/mol. The average Bonchev–Trinajstić information content (AvgIpc) is 2.58. The van der Waals surface area contributed by atoms with Gasteiger partial charge in [0.1, 0.15) is 5.75 Å². The SMILES string of the molecule is COc1ccc(CSCC(=O)NC(C)c2ccc(C)c(C)c2)cc1. The number of methoxy groups -OCH3 is 1. The van der Waals surface area contributed by atoms with E-state index < -0.39 is 0 Å². The maximum absolute atomic E-state index is 12.1. The van der Waals surface area contributed by atoms with Crippen LogP contribution in [0.3, 0.4) is 0 Å². The van der Waals surface area contributed by atoms with Gasteiger partial charge in [0.15, 0.2) is 0 Å². The van der Waals surface area contributed by atoms with Gasteiger partial charge in [0, 0.05) is 5.75 Å². The summed E-state index contributed by atoms with van der Waals surface area (Å²) in [7, 11) is 1.66. The second-order valence-electron chi connectivity index (χ2n) is 5.97. The van der Waals surface area contributed by atoms with Crippen LogP contribution < -0.4 is 10.1 Å². The first-order chi connectivity index (χ1) is 11.5. The highest BCUT2D eigenvalue weighted by molar-refractivity contribution is 7.99. The van der Waals surface area contributed by atoms with Crippen LogP contribution in [0.15, 0.2) is 42.5 Å².